The maximum absolute atomic E-state index is 12.9. The molecule has 0 aromatic rings. The van der Waals surface area contributed by atoms with E-state index in [1.54, 1.807) is 0 Å². The minimum Gasteiger partial charge on any atom is -0.462 e. The molecular weight excluding hydrogens is 853 g/mol. The molecule has 0 aromatic heterocycles. The second-order valence-electron chi connectivity index (χ2n) is 19.2. The molecule has 0 aliphatic carbocycles. The van der Waals surface area contributed by atoms with Gasteiger partial charge in [-0.2, -0.15) is 0 Å². The second-order valence-corrected chi connectivity index (χ2v) is 19.2. The van der Waals surface area contributed by atoms with Crippen LogP contribution >= 0.6 is 0 Å². The second kappa shape index (κ2) is 57.2. The molecule has 0 aliphatic heterocycles. The molecule has 6 nitrogen and oxygen atoms in total. The van der Waals surface area contributed by atoms with Crippen molar-refractivity contribution < 1.29 is 28.6 Å². The van der Waals surface area contributed by atoms with E-state index in [0.29, 0.717) is 19.3 Å². The van der Waals surface area contributed by atoms with Crippen LogP contribution in [-0.2, 0) is 28.6 Å². The molecule has 0 saturated heterocycles. The first-order valence-corrected chi connectivity index (χ1v) is 29.1. The van der Waals surface area contributed by atoms with Crippen LogP contribution in [0.25, 0.3) is 0 Å². The molecule has 0 bridgehead atoms. The maximum Gasteiger partial charge on any atom is 0.306 e. The van der Waals surface area contributed by atoms with Crippen molar-refractivity contribution in [2.24, 2.45) is 0 Å². The highest BCUT2D eigenvalue weighted by Crippen LogP contribution is 2.15. The van der Waals surface area contributed by atoms with Gasteiger partial charge in [0.05, 0.1) is 0 Å². The Balaban J connectivity index is 4.44. The van der Waals surface area contributed by atoms with Gasteiger partial charge in [-0.1, -0.05) is 228 Å². The van der Waals surface area contributed by atoms with Crippen molar-refractivity contribution in [3.63, 3.8) is 0 Å². The fourth-order valence-electron chi connectivity index (χ4n) is 7.99. The number of esters is 3. The smallest absolute Gasteiger partial charge is 0.306 e. The number of allylic oxidation sites excluding steroid dienone is 14. The average molecular weight is 962 g/mol. The Labute approximate surface area is 426 Å². The summed E-state index contributed by atoms with van der Waals surface area (Å²) < 4.78 is 16.8. The molecule has 0 amide bonds. The molecule has 0 radical (unpaired) electrons. The maximum atomic E-state index is 12.9. The Morgan fingerprint density at radius 2 is 0.565 bits per heavy atom. The number of ether oxygens (including phenoxy) is 3. The predicted octanol–water partition coefficient (Wildman–Crippen LogP) is 19.5. The predicted molar refractivity (Wildman–Crippen MR) is 297 cm³/mol. The van der Waals surface area contributed by atoms with Crippen LogP contribution < -0.4 is 0 Å². The van der Waals surface area contributed by atoms with Crippen molar-refractivity contribution >= 4 is 17.9 Å². The van der Waals surface area contributed by atoms with Gasteiger partial charge in [0.15, 0.2) is 6.10 Å². The first-order valence-electron chi connectivity index (χ1n) is 29.1. The molecule has 0 fully saturated rings. The standard InChI is InChI=1S/C63H108O6/c1-4-7-10-13-16-19-22-25-28-30-31-33-35-38-41-44-47-50-53-56-62(65)68-59-60(58-67-61(64)55-52-49-46-43-40-37-34-27-24-21-18-15-12-9-6-3)69-63(66)57-54-51-48-45-42-39-36-32-29-26-23-20-17-14-11-8-5-2/h9,12,17-18,20-21,26-27,29-31,34,36,39,60H,4-8,10-11,13-16,19,22-25,28,32-33,35,37-38,40-59H2,1-3H3/b12-9-,20-17-,21-18-,29-26-,31-30-,34-27-,39-36-/t60-/m1/s1. The number of hydrogen-bond donors (Lipinski definition) is 0. The summed E-state index contributed by atoms with van der Waals surface area (Å²) in [5.74, 6) is -0.931. The van der Waals surface area contributed by atoms with Crippen LogP contribution in [0.4, 0.5) is 0 Å². The van der Waals surface area contributed by atoms with Gasteiger partial charge in [0, 0.05) is 19.3 Å². The summed E-state index contributed by atoms with van der Waals surface area (Å²) in [5.41, 5.74) is 0. The first-order chi connectivity index (χ1) is 34.0. The van der Waals surface area contributed by atoms with Crippen molar-refractivity contribution in [1.82, 2.24) is 0 Å². The van der Waals surface area contributed by atoms with E-state index in [2.05, 4.69) is 106 Å². The van der Waals surface area contributed by atoms with Gasteiger partial charge in [0.2, 0.25) is 0 Å². The normalized spacial score (nSPS) is 12.7. The third-order valence-corrected chi connectivity index (χ3v) is 12.4. The third-order valence-electron chi connectivity index (χ3n) is 12.4. The number of unbranched alkanes of at least 4 members (excludes halogenated alkanes) is 27. The molecule has 0 N–H and O–H groups in total. The zero-order chi connectivity index (χ0) is 50.0. The van der Waals surface area contributed by atoms with Crippen molar-refractivity contribution in [2.75, 3.05) is 13.2 Å². The summed E-state index contributed by atoms with van der Waals surface area (Å²) in [7, 11) is 0. The number of carbonyl (C=O) groups is 3. The zero-order valence-corrected chi connectivity index (χ0v) is 45.3. The van der Waals surface area contributed by atoms with Crippen molar-refractivity contribution in [1.29, 1.82) is 0 Å². The van der Waals surface area contributed by atoms with Gasteiger partial charge in [0.1, 0.15) is 13.2 Å². The summed E-state index contributed by atoms with van der Waals surface area (Å²) in [6, 6.07) is 0. The topological polar surface area (TPSA) is 78.9 Å². The summed E-state index contributed by atoms with van der Waals surface area (Å²) in [4.78, 5) is 38.2. The van der Waals surface area contributed by atoms with Crippen LogP contribution in [0, 0.1) is 0 Å². The molecule has 1 atom stereocenters. The lowest BCUT2D eigenvalue weighted by molar-refractivity contribution is -0.167. The van der Waals surface area contributed by atoms with Crippen LogP contribution in [0.1, 0.15) is 278 Å². The molecule has 0 aromatic carbocycles. The minimum absolute atomic E-state index is 0.0935. The lowest BCUT2D eigenvalue weighted by Crippen LogP contribution is -2.30. The highest BCUT2D eigenvalue weighted by Gasteiger charge is 2.19. The van der Waals surface area contributed by atoms with E-state index in [4.69, 9.17) is 14.2 Å². The first kappa shape index (κ1) is 65.6. The summed E-state index contributed by atoms with van der Waals surface area (Å²) >= 11 is 0. The largest absolute Gasteiger partial charge is 0.462 e. The van der Waals surface area contributed by atoms with Gasteiger partial charge in [-0.05, 0) is 116 Å². The molecule has 69 heavy (non-hydrogen) atoms. The summed E-state index contributed by atoms with van der Waals surface area (Å²) in [5, 5.41) is 0. The van der Waals surface area contributed by atoms with Gasteiger partial charge in [-0.3, -0.25) is 14.4 Å². The SMILES string of the molecule is CC/C=C\C/C=C\C/C=C\CCCCCCCC(=O)OC[C@H](COC(=O)CCCCCCCCC/C=C\CCCCCCCCCC)OC(=O)CCCCCC/C=C\C/C=C\C/C=C\CCCCC. The fourth-order valence-corrected chi connectivity index (χ4v) is 7.99. The van der Waals surface area contributed by atoms with Gasteiger partial charge < -0.3 is 14.2 Å². The summed E-state index contributed by atoms with van der Waals surface area (Å²) in [6.07, 6.45) is 74.3. The Kier molecular flexibility index (Phi) is 54.3. The molecule has 0 rings (SSSR count). The van der Waals surface area contributed by atoms with Crippen LogP contribution in [0.2, 0.25) is 0 Å². The van der Waals surface area contributed by atoms with Crippen molar-refractivity contribution in [3.05, 3.63) is 85.1 Å². The quantitative estimate of drug-likeness (QED) is 0.0262. The number of hydrogen-bond acceptors (Lipinski definition) is 6. The highest BCUT2D eigenvalue weighted by molar-refractivity contribution is 5.71. The van der Waals surface area contributed by atoms with Gasteiger partial charge >= 0.3 is 17.9 Å². The summed E-state index contributed by atoms with van der Waals surface area (Å²) in [6.45, 7) is 6.48. The molecule has 0 unspecified atom stereocenters. The van der Waals surface area contributed by atoms with Crippen molar-refractivity contribution in [2.45, 2.75) is 284 Å². The van der Waals surface area contributed by atoms with E-state index in [0.717, 1.165) is 122 Å². The highest BCUT2D eigenvalue weighted by atomic mass is 16.6. The third kappa shape index (κ3) is 55.4. The van der Waals surface area contributed by atoms with Crippen LogP contribution in [0.5, 0.6) is 0 Å². The van der Waals surface area contributed by atoms with Crippen LogP contribution in [0.3, 0.4) is 0 Å². The molecule has 0 aliphatic rings. The van der Waals surface area contributed by atoms with E-state index < -0.39 is 6.10 Å². The molecule has 0 spiro atoms. The molecule has 0 heterocycles. The molecule has 396 valence electrons. The van der Waals surface area contributed by atoms with E-state index >= 15 is 0 Å². The Morgan fingerprint density at radius 1 is 0.304 bits per heavy atom. The van der Waals surface area contributed by atoms with Crippen LogP contribution in [-0.4, -0.2) is 37.2 Å². The van der Waals surface area contributed by atoms with E-state index in [9.17, 15) is 14.4 Å². The monoisotopic (exact) mass is 961 g/mol. The van der Waals surface area contributed by atoms with Gasteiger partial charge in [-0.25, -0.2) is 0 Å². The average Bonchev–Trinajstić information content (AvgIpc) is 3.35. The Morgan fingerprint density at radius 3 is 0.928 bits per heavy atom. The number of carbonyl (C=O) groups excluding carboxylic acids is 3. The lowest BCUT2D eigenvalue weighted by Gasteiger charge is -2.18. The fraction of sp³-hybridized carbons (Fsp3) is 0.730. The Bertz CT molecular complexity index is 1330. The van der Waals surface area contributed by atoms with Gasteiger partial charge in [0.25, 0.3) is 0 Å². The molecule has 0 saturated carbocycles. The molecule has 6 heteroatoms. The lowest BCUT2D eigenvalue weighted by atomic mass is 10.1. The molecular formula is C63H108O6. The van der Waals surface area contributed by atoms with Crippen molar-refractivity contribution in [3.8, 4) is 0 Å². The van der Waals surface area contributed by atoms with Gasteiger partial charge in [-0.15, -0.1) is 0 Å². The zero-order valence-electron chi connectivity index (χ0n) is 45.3. The van der Waals surface area contributed by atoms with E-state index in [1.807, 2.05) is 0 Å². The minimum atomic E-state index is -0.798. The van der Waals surface area contributed by atoms with Crippen LogP contribution in [0.15, 0.2) is 85.1 Å². The number of rotatable bonds is 52. The van der Waals surface area contributed by atoms with E-state index in [1.165, 1.54) is 116 Å². The van der Waals surface area contributed by atoms with E-state index in [-0.39, 0.29) is 31.1 Å². The Hall–Kier alpha value is -3.41.